The number of morpholine rings is 1. The highest BCUT2D eigenvalue weighted by molar-refractivity contribution is 8.07. The van der Waals surface area contributed by atoms with Gasteiger partial charge in [-0.15, -0.1) is 0 Å². The number of ether oxygens (including phenoxy) is 1. The summed E-state index contributed by atoms with van der Waals surface area (Å²) in [4.78, 5) is 17.2. The van der Waals surface area contributed by atoms with Crippen LogP contribution in [0.15, 0.2) is 81.1 Å². The molecule has 0 spiro atoms. The number of amides is 1. The van der Waals surface area contributed by atoms with Crippen LogP contribution in [-0.4, -0.2) is 43.0 Å². The van der Waals surface area contributed by atoms with Crippen molar-refractivity contribution in [2.45, 2.75) is 13.8 Å². The van der Waals surface area contributed by atoms with E-state index < -0.39 is 5.91 Å². The fraction of sp³-hybridized carbons (Fsp3) is 0.240. The number of anilines is 2. The summed E-state index contributed by atoms with van der Waals surface area (Å²) in [5.74, 6) is -0.649. The Balaban J connectivity index is 1.51. The number of para-hydroxylation sites is 1. The molecule has 0 radical (unpaired) electrons. The van der Waals surface area contributed by atoms with Gasteiger partial charge in [0.25, 0.3) is 5.91 Å². The van der Waals surface area contributed by atoms with Gasteiger partial charge in [-0.3, -0.25) is 9.69 Å². The molecule has 0 atom stereocenters. The van der Waals surface area contributed by atoms with E-state index in [9.17, 15) is 15.2 Å². The van der Waals surface area contributed by atoms with Gasteiger partial charge in [0.15, 0.2) is 0 Å². The smallest absolute Gasteiger partial charge is 0.284 e. The number of carbonyl (C=O) groups is 1. The summed E-state index contributed by atoms with van der Waals surface area (Å²) in [6, 6.07) is 19.0. The minimum atomic E-state index is -0.641. The fourth-order valence-corrected chi connectivity index (χ4v) is 4.65. The Morgan fingerprint density at radius 3 is 2.44 bits per heavy atom. The molecule has 9 heteroatoms. The average molecular weight is 476 g/mol. The van der Waals surface area contributed by atoms with Crippen LogP contribution in [0.4, 0.5) is 11.4 Å². The summed E-state index contributed by atoms with van der Waals surface area (Å²) in [5.41, 5.74) is 5.60. The predicted molar refractivity (Wildman–Crippen MR) is 134 cm³/mol. The SMILES string of the molecule is CC1=C(O)N(c2ccccc2)/C(=C(/C#N)C(=O)N/N=C(/C)c2ccc(N3CCOCC3)cc2)S1. The number of nitriles is 1. The van der Waals surface area contributed by atoms with Crippen LogP contribution in [0.3, 0.4) is 0 Å². The van der Waals surface area contributed by atoms with Gasteiger partial charge in [0, 0.05) is 29.4 Å². The van der Waals surface area contributed by atoms with Crippen molar-refractivity contribution in [1.29, 1.82) is 5.26 Å². The first-order chi connectivity index (χ1) is 16.5. The summed E-state index contributed by atoms with van der Waals surface area (Å²) in [6.07, 6.45) is 0. The molecule has 0 aliphatic carbocycles. The highest BCUT2D eigenvalue weighted by Crippen LogP contribution is 2.44. The van der Waals surface area contributed by atoms with Crippen molar-refractivity contribution in [2.24, 2.45) is 5.10 Å². The predicted octanol–water partition coefficient (Wildman–Crippen LogP) is 4.10. The van der Waals surface area contributed by atoms with E-state index in [1.54, 1.807) is 26.0 Å². The van der Waals surface area contributed by atoms with Crippen LogP contribution in [0.5, 0.6) is 0 Å². The first-order valence-corrected chi connectivity index (χ1v) is 11.7. The summed E-state index contributed by atoms with van der Waals surface area (Å²) in [7, 11) is 0. The Bertz CT molecular complexity index is 1190. The molecule has 8 nitrogen and oxygen atoms in total. The van der Waals surface area contributed by atoms with Gasteiger partial charge in [-0.2, -0.15) is 10.4 Å². The van der Waals surface area contributed by atoms with E-state index in [2.05, 4.69) is 15.4 Å². The minimum Gasteiger partial charge on any atom is -0.494 e. The number of nitrogens with zero attached hydrogens (tertiary/aromatic N) is 4. The third-order valence-electron chi connectivity index (χ3n) is 5.53. The monoisotopic (exact) mass is 475 g/mol. The molecule has 34 heavy (non-hydrogen) atoms. The van der Waals surface area contributed by atoms with Crippen molar-refractivity contribution >= 4 is 34.8 Å². The number of nitrogens with one attached hydrogen (secondary N) is 1. The van der Waals surface area contributed by atoms with Crippen LogP contribution in [-0.2, 0) is 9.53 Å². The Kier molecular flexibility index (Phi) is 7.21. The topological polar surface area (TPSA) is 101 Å². The van der Waals surface area contributed by atoms with Crippen LogP contribution in [0.2, 0.25) is 0 Å². The zero-order chi connectivity index (χ0) is 24.1. The van der Waals surface area contributed by atoms with E-state index >= 15 is 0 Å². The van der Waals surface area contributed by atoms with E-state index in [0.29, 0.717) is 21.3 Å². The van der Waals surface area contributed by atoms with Crippen LogP contribution in [0.1, 0.15) is 19.4 Å². The van der Waals surface area contributed by atoms with Crippen LogP contribution in [0, 0.1) is 11.3 Å². The van der Waals surface area contributed by atoms with E-state index in [-0.39, 0.29) is 11.5 Å². The molecule has 2 aromatic rings. The Morgan fingerprint density at radius 2 is 1.79 bits per heavy atom. The lowest BCUT2D eigenvalue weighted by molar-refractivity contribution is -0.117. The van der Waals surface area contributed by atoms with E-state index in [4.69, 9.17) is 4.74 Å². The molecule has 2 heterocycles. The van der Waals surface area contributed by atoms with Gasteiger partial charge in [0.2, 0.25) is 5.88 Å². The summed E-state index contributed by atoms with van der Waals surface area (Å²) in [6.45, 7) is 6.68. The van der Waals surface area contributed by atoms with Crippen LogP contribution in [0.25, 0.3) is 0 Å². The van der Waals surface area contributed by atoms with E-state index in [1.807, 2.05) is 48.5 Å². The van der Waals surface area contributed by atoms with Crippen LogP contribution >= 0.6 is 11.8 Å². The molecule has 2 N–H and O–H groups in total. The molecule has 0 unspecified atom stereocenters. The number of hydrazone groups is 1. The van der Waals surface area contributed by atoms with Gasteiger partial charge < -0.3 is 14.7 Å². The largest absolute Gasteiger partial charge is 0.494 e. The van der Waals surface area contributed by atoms with Crippen molar-refractivity contribution < 1.29 is 14.6 Å². The van der Waals surface area contributed by atoms with Gasteiger partial charge in [0.1, 0.15) is 16.7 Å². The molecule has 1 saturated heterocycles. The standard InChI is InChI=1S/C25H25N5O3S/c1-17(19-8-10-20(11-9-19)29-12-14-33-15-13-29)27-28-23(31)22(16-26)25-30(24(32)18(2)34-25)21-6-4-3-5-7-21/h3-11,32H,12-15H2,1-2H3,(H,28,31)/b25-22+,27-17-. The molecular formula is C25H25N5O3S. The fourth-order valence-electron chi connectivity index (χ4n) is 3.66. The summed E-state index contributed by atoms with van der Waals surface area (Å²) in [5, 5.41) is 24.9. The summed E-state index contributed by atoms with van der Waals surface area (Å²) >= 11 is 1.17. The Labute approximate surface area is 202 Å². The third kappa shape index (κ3) is 4.93. The zero-order valence-electron chi connectivity index (χ0n) is 19.0. The van der Waals surface area contributed by atoms with Crippen molar-refractivity contribution in [1.82, 2.24) is 5.43 Å². The normalized spacial score (nSPS) is 18.1. The maximum Gasteiger partial charge on any atom is 0.284 e. The molecule has 2 aliphatic rings. The van der Waals surface area contributed by atoms with Crippen LogP contribution < -0.4 is 15.2 Å². The van der Waals surface area contributed by atoms with Gasteiger partial charge in [-0.1, -0.05) is 42.1 Å². The first kappa shape index (κ1) is 23.4. The Morgan fingerprint density at radius 1 is 1.12 bits per heavy atom. The number of benzene rings is 2. The average Bonchev–Trinajstić information content (AvgIpc) is 3.17. The molecule has 2 aliphatic heterocycles. The maximum atomic E-state index is 12.9. The molecule has 0 bridgehead atoms. The number of thioether (sulfide) groups is 1. The zero-order valence-corrected chi connectivity index (χ0v) is 19.8. The Hall–Kier alpha value is -3.74. The van der Waals surface area contributed by atoms with Crippen molar-refractivity contribution in [3.8, 4) is 6.07 Å². The van der Waals surface area contributed by atoms with Crippen molar-refractivity contribution in [3.63, 3.8) is 0 Å². The van der Waals surface area contributed by atoms with Crippen molar-refractivity contribution in [2.75, 3.05) is 36.1 Å². The highest BCUT2D eigenvalue weighted by Gasteiger charge is 2.32. The minimum absolute atomic E-state index is 0.00760. The van der Waals surface area contributed by atoms with Gasteiger partial charge in [0.05, 0.1) is 18.9 Å². The molecular weight excluding hydrogens is 450 g/mol. The number of allylic oxidation sites excluding steroid dienone is 1. The number of carbonyl (C=O) groups excluding carboxylic acids is 1. The second kappa shape index (κ2) is 10.5. The summed E-state index contributed by atoms with van der Waals surface area (Å²) < 4.78 is 5.40. The lowest BCUT2D eigenvalue weighted by atomic mass is 10.1. The second-order valence-electron chi connectivity index (χ2n) is 7.73. The lowest BCUT2D eigenvalue weighted by Crippen LogP contribution is -2.36. The van der Waals surface area contributed by atoms with Gasteiger partial charge >= 0.3 is 0 Å². The number of hydrogen-bond donors (Lipinski definition) is 2. The number of hydrogen-bond acceptors (Lipinski definition) is 8. The van der Waals surface area contributed by atoms with E-state index in [1.165, 1.54) is 16.7 Å². The van der Waals surface area contributed by atoms with Gasteiger partial charge in [-0.05, 0) is 43.7 Å². The molecule has 0 saturated carbocycles. The second-order valence-corrected chi connectivity index (χ2v) is 8.93. The quantitative estimate of drug-likeness (QED) is 0.291. The molecule has 174 valence electrons. The third-order valence-corrected chi connectivity index (χ3v) is 6.60. The first-order valence-electron chi connectivity index (χ1n) is 10.8. The number of aliphatic hydroxyl groups is 1. The maximum absolute atomic E-state index is 12.9. The molecule has 1 fully saturated rings. The molecule has 2 aromatic carbocycles. The number of rotatable bonds is 5. The number of aliphatic hydroxyl groups excluding tert-OH is 1. The molecule has 1 amide bonds. The lowest BCUT2D eigenvalue weighted by Gasteiger charge is -2.28. The van der Waals surface area contributed by atoms with E-state index in [0.717, 1.165) is 37.6 Å². The van der Waals surface area contributed by atoms with Gasteiger partial charge in [-0.25, -0.2) is 5.43 Å². The highest BCUT2D eigenvalue weighted by atomic mass is 32.2. The molecule has 0 aromatic heterocycles. The van der Waals surface area contributed by atoms with Crippen molar-refractivity contribution in [3.05, 3.63) is 81.6 Å². The molecule has 4 rings (SSSR count).